The molecule has 0 atom stereocenters. The molecule has 0 saturated heterocycles. The standard InChI is InChI=1S/C17H28/c1-12(2)7-8-16-10-14(5)15(6)11-17(16)9-13(3)4/h10-13H,7-9H2,1-6H3. The minimum atomic E-state index is 0.745. The predicted octanol–water partition coefficient (Wildman–Crippen LogP) is 5.09. The molecule has 0 N–H and O–H groups in total. The molecule has 17 heavy (non-hydrogen) atoms. The van der Waals surface area contributed by atoms with Gasteiger partial charge < -0.3 is 0 Å². The molecule has 0 fully saturated rings. The van der Waals surface area contributed by atoms with Crippen molar-refractivity contribution in [1.29, 1.82) is 0 Å². The van der Waals surface area contributed by atoms with Gasteiger partial charge in [-0.15, -0.1) is 0 Å². The van der Waals surface area contributed by atoms with Gasteiger partial charge in [0.1, 0.15) is 0 Å². The maximum atomic E-state index is 2.41. The van der Waals surface area contributed by atoms with Crippen LogP contribution in [0.4, 0.5) is 0 Å². The number of rotatable bonds is 5. The molecular formula is C17H28. The minimum Gasteiger partial charge on any atom is -0.0628 e. The first-order chi connectivity index (χ1) is 7.90. The summed E-state index contributed by atoms with van der Waals surface area (Å²) in [6.07, 6.45) is 3.75. The van der Waals surface area contributed by atoms with Crippen LogP contribution in [0.3, 0.4) is 0 Å². The Hall–Kier alpha value is -0.780. The summed E-state index contributed by atoms with van der Waals surface area (Å²) in [5.74, 6) is 1.54. The smallest absolute Gasteiger partial charge is 0.0253 e. The molecule has 1 aromatic rings. The molecule has 0 radical (unpaired) electrons. The molecule has 0 saturated carbocycles. The highest BCUT2D eigenvalue weighted by Crippen LogP contribution is 2.21. The van der Waals surface area contributed by atoms with Gasteiger partial charge in [0.25, 0.3) is 0 Å². The Morgan fingerprint density at radius 2 is 1.35 bits per heavy atom. The van der Waals surface area contributed by atoms with E-state index in [9.17, 15) is 0 Å². The molecule has 0 aliphatic rings. The second-order valence-electron chi connectivity index (χ2n) is 6.24. The van der Waals surface area contributed by atoms with Crippen molar-refractivity contribution in [3.8, 4) is 0 Å². The van der Waals surface area contributed by atoms with Crippen molar-refractivity contribution in [3.05, 3.63) is 34.4 Å². The van der Waals surface area contributed by atoms with E-state index in [-0.39, 0.29) is 0 Å². The van der Waals surface area contributed by atoms with Gasteiger partial charge in [-0.25, -0.2) is 0 Å². The van der Waals surface area contributed by atoms with Crippen LogP contribution < -0.4 is 0 Å². The topological polar surface area (TPSA) is 0 Å². The highest BCUT2D eigenvalue weighted by atomic mass is 14.1. The monoisotopic (exact) mass is 232 g/mol. The second kappa shape index (κ2) is 6.23. The van der Waals surface area contributed by atoms with Gasteiger partial charge in [0, 0.05) is 0 Å². The summed E-state index contributed by atoms with van der Waals surface area (Å²) in [5, 5.41) is 0. The second-order valence-corrected chi connectivity index (χ2v) is 6.24. The average molecular weight is 232 g/mol. The maximum Gasteiger partial charge on any atom is -0.0253 e. The van der Waals surface area contributed by atoms with Gasteiger partial charge in [-0.2, -0.15) is 0 Å². The molecule has 0 spiro atoms. The normalized spacial score (nSPS) is 11.5. The molecule has 0 nitrogen and oxygen atoms in total. The van der Waals surface area contributed by atoms with Crippen molar-refractivity contribution >= 4 is 0 Å². The van der Waals surface area contributed by atoms with Gasteiger partial charge in [0.05, 0.1) is 0 Å². The van der Waals surface area contributed by atoms with Gasteiger partial charge in [-0.1, -0.05) is 39.8 Å². The van der Waals surface area contributed by atoms with Crippen LogP contribution in [-0.4, -0.2) is 0 Å². The molecule has 0 aliphatic carbocycles. The molecule has 1 rings (SSSR count). The fraction of sp³-hybridized carbons (Fsp3) is 0.647. The lowest BCUT2D eigenvalue weighted by molar-refractivity contribution is 0.579. The van der Waals surface area contributed by atoms with Crippen LogP contribution in [0.2, 0.25) is 0 Å². The Morgan fingerprint density at radius 1 is 0.824 bits per heavy atom. The third-order valence-electron chi connectivity index (χ3n) is 3.44. The number of hydrogen-bond donors (Lipinski definition) is 0. The average Bonchev–Trinajstić information content (AvgIpc) is 2.20. The van der Waals surface area contributed by atoms with Crippen LogP contribution in [0.5, 0.6) is 0 Å². The van der Waals surface area contributed by atoms with Crippen LogP contribution in [0, 0.1) is 25.7 Å². The number of aryl methyl sites for hydroxylation is 3. The minimum absolute atomic E-state index is 0.745. The van der Waals surface area contributed by atoms with E-state index in [0.717, 1.165) is 11.8 Å². The Morgan fingerprint density at radius 3 is 1.82 bits per heavy atom. The predicted molar refractivity (Wildman–Crippen MR) is 77.6 cm³/mol. The third kappa shape index (κ3) is 4.53. The van der Waals surface area contributed by atoms with E-state index < -0.39 is 0 Å². The van der Waals surface area contributed by atoms with E-state index in [0.29, 0.717) is 0 Å². The van der Waals surface area contributed by atoms with E-state index in [1.165, 1.54) is 30.4 Å². The zero-order valence-corrected chi connectivity index (χ0v) is 12.4. The lowest BCUT2D eigenvalue weighted by atomic mass is 9.90. The Balaban J connectivity index is 2.94. The Labute approximate surface area is 107 Å². The lowest BCUT2D eigenvalue weighted by Crippen LogP contribution is -2.03. The van der Waals surface area contributed by atoms with Crippen molar-refractivity contribution < 1.29 is 0 Å². The molecule has 1 aromatic carbocycles. The zero-order valence-electron chi connectivity index (χ0n) is 12.4. The van der Waals surface area contributed by atoms with Crippen molar-refractivity contribution in [3.63, 3.8) is 0 Å². The summed E-state index contributed by atoms with van der Waals surface area (Å²) in [5.41, 5.74) is 6.03. The van der Waals surface area contributed by atoms with Crippen molar-refractivity contribution in [1.82, 2.24) is 0 Å². The van der Waals surface area contributed by atoms with E-state index in [4.69, 9.17) is 0 Å². The molecule has 0 aromatic heterocycles. The summed E-state index contributed by atoms with van der Waals surface area (Å²) in [6.45, 7) is 13.7. The maximum absolute atomic E-state index is 2.41. The summed E-state index contributed by atoms with van der Waals surface area (Å²) in [4.78, 5) is 0. The van der Waals surface area contributed by atoms with Crippen molar-refractivity contribution in [2.45, 2.75) is 60.8 Å². The van der Waals surface area contributed by atoms with Crippen LogP contribution in [0.25, 0.3) is 0 Å². The van der Waals surface area contributed by atoms with Gasteiger partial charge in [0.15, 0.2) is 0 Å². The van der Waals surface area contributed by atoms with Crippen LogP contribution in [0.1, 0.15) is 56.4 Å². The highest BCUT2D eigenvalue weighted by molar-refractivity contribution is 5.37. The van der Waals surface area contributed by atoms with E-state index in [1.807, 2.05) is 0 Å². The zero-order chi connectivity index (χ0) is 13.0. The van der Waals surface area contributed by atoms with Gasteiger partial charge in [0.2, 0.25) is 0 Å². The Kier molecular flexibility index (Phi) is 5.24. The molecule has 0 heteroatoms. The van der Waals surface area contributed by atoms with Gasteiger partial charge in [-0.3, -0.25) is 0 Å². The van der Waals surface area contributed by atoms with Crippen molar-refractivity contribution in [2.75, 3.05) is 0 Å². The molecule has 0 heterocycles. The van der Waals surface area contributed by atoms with Gasteiger partial charge >= 0.3 is 0 Å². The number of benzene rings is 1. The molecule has 0 bridgehead atoms. The Bertz CT molecular complexity index is 359. The first-order valence-corrected chi connectivity index (χ1v) is 6.99. The van der Waals surface area contributed by atoms with Gasteiger partial charge in [-0.05, 0) is 67.2 Å². The summed E-state index contributed by atoms with van der Waals surface area (Å²) in [7, 11) is 0. The SMILES string of the molecule is Cc1cc(CCC(C)C)c(CC(C)C)cc1C. The summed E-state index contributed by atoms with van der Waals surface area (Å²) < 4.78 is 0. The first kappa shape index (κ1) is 14.3. The summed E-state index contributed by atoms with van der Waals surface area (Å²) in [6, 6.07) is 4.82. The number of hydrogen-bond acceptors (Lipinski definition) is 0. The summed E-state index contributed by atoms with van der Waals surface area (Å²) >= 11 is 0. The fourth-order valence-electron chi connectivity index (χ4n) is 2.24. The van der Waals surface area contributed by atoms with Crippen LogP contribution in [0.15, 0.2) is 12.1 Å². The lowest BCUT2D eigenvalue weighted by Gasteiger charge is -2.15. The first-order valence-electron chi connectivity index (χ1n) is 6.99. The van der Waals surface area contributed by atoms with Crippen molar-refractivity contribution in [2.24, 2.45) is 11.8 Å². The quantitative estimate of drug-likeness (QED) is 0.663. The van der Waals surface area contributed by atoms with Crippen LogP contribution in [-0.2, 0) is 12.8 Å². The molecule has 96 valence electrons. The third-order valence-corrected chi connectivity index (χ3v) is 3.44. The highest BCUT2D eigenvalue weighted by Gasteiger charge is 2.08. The van der Waals surface area contributed by atoms with Crippen LogP contribution >= 0.6 is 0 Å². The van der Waals surface area contributed by atoms with E-state index in [1.54, 1.807) is 11.1 Å². The van der Waals surface area contributed by atoms with E-state index >= 15 is 0 Å². The fourth-order valence-corrected chi connectivity index (χ4v) is 2.24. The molecule has 0 unspecified atom stereocenters. The molecular weight excluding hydrogens is 204 g/mol. The largest absolute Gasteiger partial charge is 0.0628 e. The molecule has 0 aliphatic heterocycles. The van der Waals surface area contributed by atoms with E-state index in [2.05, 4.69) is 53.7 Å². The molecule has 0 amide bonds.